The molecule has 0 N–H and O–H groups in total. The van der Waals surface area contributed by atoms with Crippen LogP contribution in [-0.4, -0.2) is 18.5 Å². The Kier molecular flexibility index (Phi) is 7.14. The minimum absolute atomic E-state index is 0.000997. The van der Waals surface area contributed by atoms with Crippen molar-refractivity contribution >= 4 is 11.9 Å². The number of halogens is 1. The molecule has 0 atom stereocenters. The van der Waals surface area contributed by atoms with E-state index in [0.717, 1.165) is 19.3 Å². The van der Waals surface area contributed by atoms with Crippen molar-refractivity contribution in [1.82, 2.24) is 0 Å². The minimum atomic E-state index is -0.620. The summed E-state index contributed by atoms with van der Waals surface area (Å²) < 4.78 is 23.3. The van der Waals surface area contributed by atoms with E-state index in [9.17, 15) is 14.0 Å². The number of ether oxygens (including phenoxy) is 2. The normalized spacial score (nSPS) is 10.3. The number of hydrogen-bond acceptors (Lipinski definition) is 4. The Hall–Kier alpha value is -2.69. The first-order valence-electron chi connectivity index (χ1n) is 8.29. The highest BCUT2D eigenvalue weighted by atomic mass is 19.1. The molecule has 132 valence electrons. The lowest BCUT2D eigenvalue weighted by Crippen LogP contribution is -2.14. The lowest BCUT2D eigenvalue weighted by atomic mass is 10.1. The molecule has 0 saturated heterocycles. The topological polar surface area (TPSA) is 52.6 Å². The maximum Gasteiger partial charge on any atom is 0.339 e. The maximum atomic E-state index is 12.9. The van der Waals surface area contributed by atoms with Crippen LogP contribution in [0.1, 0.15) is 52.5 Å². The average molecular weight is 344 g/mol. The molecule has 0 amide bonds. The van der Waals surface area contributed by atoms with E-state index in [-0.39, 0.29) is 23.6 Å². The van der Waals surface area contributed by atoms with E-state index in [1.807, 2.05) is 0 Å². The monoisotopic (exact) mass is 344 g/mol. The van der Waals surface area contributed by atoms with Crippen molar-refractivity contribution in [2.45, 2.75) is 32.8 Å². The quantitative estimate of drug-likeness (QED) is 0.521. The molecule has 0 radical (unpaired) electrons. The second-order valence-electron chi connectivity index (χ2n) is 5.59. The average Bonchev–Trinajstić information content (AvgIpc) is 2.64. The summed E-state index contributed by atoms with van der Waals surface area (Å²) in [6.07, 6.45) is 2.80. The molecule has 0 fully saturated rings. The first-order chi connectivity index (χ1) is 12.1. The van der Waals surface area contributed by atoms with Crippen LogP contribution < -0.4 is 0 Å². The van der Waals surface area contributed by atoms with Gasteiger partial charge in [-0.25, -0.2) is 14.0 Å². The van der Waals surface area contributed by atoms with Crippen molar-refractivity contribution in [1.29, 1.82) is 0 Å². The zero-order chi connectivity index (χ0) is 18.1. The van der Waals surface area contributed by atoms with Gasteiger partial charge >= 0.3 is 11.9 Å². The lowest BCUT2D eigenvalue weighted by Gasteiger charge is -2.10. The summed E-state index contributed by atoms with van der Waals surface area (Å²) >= 11 is 0. The molecule has 2 rings (SSSR count). The number of unbranched alkanes of at least 4 members (excludes halogenated alkanes) is 2. The predicted molar refractivity (Wildman–Crippen MR) is 91.8 cm³/mol. The third kappa shape index (κ3) is 5.71. The Bertz CT molecular complexity index is 710. The van der Waals surface area contributed by atoms with Crippen LogP contribution >= 0.6 is 0 Å². The molecule has 0 heterocycles. The Morgan fingerprint density at radius 1 is 0.880 bits per heavy atom. The van der Waals surface area contributed by atoms with Gasteiger partial charge in [0, 0.05) is 0 Å². The van der Waals surface area contributed by atoms with Crippen LogP contribution in [0.3, 0.4) is 0 Å². The van der Waals surface area contributed by atoms with E-state index in [1.54, 1.807) is 12.1 Å². The third-order valence-electron chi connectivity index (χ3n) is 3.63. The molecule has 0 saturated carbocycles. The SMILES string of the molecule is CCCCCOC(=O)c1ccccc1C(=O)OCc1ccc(F)cc1. The highest BCUT2D eigenvalue weighted by Crippen LogP contribution is 2.14. The van der Waals surface area contributed by atoms with E-state index in [2.05, 4.69) is 6.92 Å². The van der Waals surface area contributed by atoms with E-state index in [4.69, 9.17) is 9.47 Å². The molecule has 2 aromatic rings. The van der Waals surface area contributed by atoms with Gasteiger partial charge in [0.15, 0.2) is 0 Å². The largest absolute Gasteiger partial charge is 0.462 e. The Labute approximate surface area is 146 Å². The van der Waals surface area contributed by atoms with E-state index < -0.39 is 11.9 Å². The summed E-state index contributed by atoms with van der Waals surface area (Å²) in [6.45, 7) is 2.39. The van der Waals surface area contributed by atoms with E-state index >= 15 is 0 Å². The van der Waals surface area contributed by atoms with E-state index in [1.165, 1.54) is 36.4 Å². The molecular weight excluding hydrogens is 323 g/mol. The van der Waals surface area contributed by atoms with Gasteiger partial charge in [0.2, 0.25) is 0 Å². The smallest absolute Gasteiger partial charge is 0.339 e. The molecule has 4 nitrogen and oxygen atoms in total. The number of benzene rings is 2. The summed E-state index contributed by atoms with van der Waals surface area (Å²) in [5.74, 6) is -1.51. The molecule has 0 aliphatic rings. The summed E-state index contributed by atoms with van der Waals surface area (Å²) in [7, 11) is 0. The molecule has 0 bridgehead atoms. The third-order valence-corrected chi connectivity index (χ3v) is 3.63. The first kappa shape index (κ1) is 18.6. The van der Waals surface area contributed by atoms with Crippen LogP contribution in [0.5, 0.6) is 0 Å². The fourth-order valence-electron chi connectivity index (χ4n) is 2.24. The maximum absolute atomic E-state index is 12.9. The standard InChI is InChI=1S/C20H21FO4/c1-2-3-6-13-24-19(22)17-7-4-5-8-18(17)20(23)25-14-15-9-11-16(21)12-10-15/h4-5,7-12H,2-3,6,13-14H2,1H3. The zero-order valence-electron chi connectivity index (χ0n) is 14.2. The van der Waals surface area contributed by atoms with Gasteiger partial charge < -0.3 is 9.47 Å². The lowest BCUT2D eigenvalue weighted by molar-refractivity contribution is 0.0436. The summed E-state index contributed by atoms with van der Waals surface area (Å²) in [4.78, 5) is 24.5. The fraction of sp³-hybridized carbons (Fsp3) is 0.300. The fourth-order valence-corrected chi connectivity index (χ4v) is 2.24. The van der Waals surface area contributed by atoms with Crippen LogP contribution in [0.4, 0.5) is 4.39 Å². The van der Waals surface area contributed by atoms with Gasteiger partial charge in [-0.05, 0) is 36.2 Å². The van der Waals surface area contributed by atoms with E-state index in [0.29, 0.717) is 12.2 Å². The summed E-state index contributed by atoms with van der Waals surface area (Å²) in [6, 6.07) is 12.1. The molecular formula is C20H21FO4. The zero-order valence-corrected chi connectivity index (χ0v) is 14.2. The Morgan fingerprint density at radius 3 is 2.08 bits per heavy atom. The van der Waals surface area contributed by atoms with Crippen molar-refractivity contribution in [2.24, 2.45) is 0 Å². The van der Waals surface area contributed by atoms with Crippen molar-refractivity contribution in [3.05, 3.63) is 71.0 Å². The molecule has 0 aromatic heterocycles. The molecule has 2 aromatic carbocycles. The van der Waals surface area contributed by atoms with Gasteiger partial charge in [0.1, 0.15) is 12.4 Å². The van der Waals surface area contributed by atoms with Gasteiger partial charge in [-0.3, -0.25) is 0 Å². The summed E-state index contributed by atoms with van der Waals surface area (Å²) in [5, 5.41) is 0. The molecule has 0 spiro atoms. The second kappa shape index (κ2) is 9.57. The van der Waals surface area contributed by atoms with Crippen LogP contribution in [0, 0.1) is 5.82 Å². The van der Waals surface area contributed by atoms with Gasteiger partial charge in [-0.15, -0.1) is 0 Å². The Morgan fingerprint density at radius 2 is 1.48 bits per heavy atom. The van der Waals surface area contributed by atoms with Crippen molar-refractivity contribution in [2.75, 3.05) is 6.61 Å². The van der Waals surface area contributed by atoms with Crippen molar-refractivity contribution < 1.29 is 23.5 Å². The van der Waals surface area contributed by atoms with Gasteiger partial charge in [-0.2, -0.15) is 0 Å². The summed E-state index contributed by atoms with van der Waals surface area (Å²) in [5.41, 5.74) is 1.00. The molecule has 0 aliphatic heterocycles. The predicted octanol–water partition coefficient (Wildman–Crippen LogP) is 4.53. The number of carbonyl (C=O) groups is 2. The minimum Gasteiger partial charge on any atom is -0.462 e. The molecule has 0 unspecified atom stereocenters. The van der Waals surface area contributed by atoms with Crippen LogP contribution in [-0.2, 0) is 16.1 Å². The highest BCUT2D eigenvalue weighted by Gasteiger charge is 2.19. The van der Waals surface area contributed by atoms with Gasteiger partial charge in [-0.1, -0.05) is 44.0 Å². The van der Waals surface area contributed by atoms with Crippen LogP contribution in [0.25, 0.3) is 0 Å². The van der Waals surface area contributed by atoms with Crippen molar-refractivity contribution in [3.63, 3.8) is 0 Å². The number of rotatable bonds is 8. The van der Waals surface area contributed by atoms with Crippen molar-refractivity contribution in [3.8, 4) is 0 Å². The number of esters is 2. The number of carbonyl (C=O) groups excluding carboxylic acids is 2. The molecule has 5 heteroatoms. The highest BCUT2D eigenvalue weighted by molar-refractivity contribution is 6.03. The first-order valence-corrected chi connectivity index (χ1v) is 8.29. The van der Waals surface area contributed by atoms with Gasteiger partial charge in [0.05, 0.1) is 17.7 Å². The van der Waals surface area contributed by atoms with Gasteiger partial charge in [0.25, 0.3) is 0 Å². The molecule has 0 aliphatic carbocycles. The van der Waals surface area contributed by atoms with Crippen LogP contribution in [0.15, 0.2) is 48.5 Å². The van der Waals surface area contributed by atoms with Crippen LogP contribution in [0.2, 0.25) is 0 Å². The molecule has 25 heavy (non-hydrogen) atoms. The second-order valence-corrected chi connectivity index (χ2v) is 5.59. The Balaban J connectivity index is 1.99. The number of hydrogen-bond donors (Lipinski definition) is 0.